The molecule has 2 fully saturated rings. The standard InChI is InChI=1S/C34H42N4O4/c1-4-42-34(41)36-18-16-35(17-19-36)33(40)30-14-8-12-28(20-30)32(29-13-9-15-31(39)21-29)38-23-25(2)37(22-26(38)3)24-27-10-6-5-7-11-27/h5-15,20-21,25-26,32,39H,4,16-19,22-24H2,1-3H3/t25-,26-,32?/m1/s1. The summed E-state index contributed by atoms with van der Waals surface area (Å²) in [6.07, 6.45) is -0.326. The van der Waals surface area contributed by atoms with Gasteiger partial charge >= 0.3 is 6.09 Å². The van der Waals surface area contributed by atoms with E-state index in [9.17, 15) is 14.7 Å². The van der Waals surface area contributed by atoms with Gasteiger partial charge in [0.05, 0.1) is 12.6 Å². The Labute approximate surface area is 249 Å². The van der Waals surface area contributed by atoms with E-state index < -0.39 is 0 Å². The van der Waals surface area contributed by atoms with E-state index in [-0.39, 0.29) is 29.8 Å². The molecule has 3 atom stereocenters. The highest BCUT2D eigenvalue weighted by Crippen LogP contribution is 2.35. The van der Waals surface area contributed by atoms with Crippen LogP contribution in [0.3, 0.4) is 0 Å². The van der Waals surface area contributed by atoms with Crippen molar-refractivity contribution in [3.05, 3.63) is 101 Å². The molecule has 2 aliphatic rings. The maximum Gasteiger partial charge on any atom is 0.409 e. The number of phenolic OH excluding ortho intramolecular Hbond substituents is 1. The molecule has 42 heavy (non-hydrogen) atoms. The van der Waals surface area contributed by atoms with Crippen LogP contribution >= 0.6 is 0 Å². The Morgan fingerprint density at radius 2 is 1.50 bits per heavy atom. The fourth-order valence-corrected chi connectivity index (χ4v) is 6.22. The van der Waals surface area contributed by atoms with Gasteiger partial charge in [-0.25, -0.2) is 4.79 Å². The number of ether oxygens (including phenoxy) is 1. The van der Waals surface area contributed by atoms with E-state index in [1.54, 1.807) is 17.9 Å². The van der Waals surface area contributed by atoms with Crippen LogP contribution in [0.2, 0.25) is 0 Å². The van der Waals surface area contributed by atoms with Crippen LogP contribution in [0, 0.1) is 0 Å². The van der Waals surface area contributed by atoms with Crippen molar-refractivity contribution in [2.45, 2.75) is 45.4 Å². The summed E-state index contributed by atoms with van der Waals surface area (Å²) in [5.41, 5.74) is 3.96. The van der Waals surface area contributed by atoms with Crippen LogP contribution in [-0.4, -0.2) is 94.7 Å². The minimum atomic E-state index is -0.326. The Morgan fingerprint density at radius 1 is 0.833 bits per heavy atom. The predicted molar refractivity (Wildman–Crippen MR) is 163 cm³/mol. The van der Waals surface area contributed by atoms with E-state index in [0.717, 1.165) is 30.8 Å². The molecular weight excluding hydrogens is 528 g/mol. The predicted octanol–water partition coefficient (Wildman–Crippen LogP) is 4.99. The first kappa shape index (κ1) is 29.6. The molecule has 3 aromatic rings. The fraction of sp³-hybridized carbons (Fsp3) is 0.412. The van der Waals surface area contributed by atoms with Crippen LogP contribution < -0.4 is 0 Å². The van der Waals surface area contributed by atoms with E-state index in [4.69, 9.17) is 4.74 Å². The third kappa shape index (κ3) is 6.77. The van der Waals surface area contributed by atoms with Crippen molar-refractivity contribution in [1.82, 2.24) is 19.6 Å². The first-order valence-corrected chi connectivity index (χ1v) is 15.0. The van der Waals surface area contributed by atoms with Crippen molar-refractivity contribution in [2.24, 2.45) is 0 Å². The van der Waals surface area contributed by atoms with Crippen LogP contribution in [-0.2, 0) is 11.3 Å². The second-order valence-corrected chi connectivity index (χ2v) is 11.4. The molecule has 222 valence electrons. The largest absolute Gasteiger partial charge is 0.508 e. The Balaban J connectivity index is 1.37. The number of hydrogen-bond donors (Lipinski definition) is 1. The summed E-state index contributed by atoms with van der Waals surface area (Å²) in [7, 11) is 0. The third-order valence-electron chi connectivity index (χ3n) is 8.45. The second-order valence-electron chi connectivity index (χ2n) is 11.4. The summed E-state index contributed by atoms with van der Waals surface area (Å²) >= 11 is 0. The van der Waals surface area contributed by atoms with Crippen molar-refractivity contribution in [3.63, 3.8) is 0 Å². The molecule has 0 radical (unpaired) electrons. The summed E-state index contributed by atoms with van der Waals surface area (Å²) in [6.45, 7) is 11.2. The van der Waals surface area contributed by atoms with Crippen LogP contribution in [0.5, 0.6) is 5.75 Å². The van der Waals surface area contributed by atoms with Gasteiger partial charge in [-0.2, -0.15) is 0 Å². The Hall–Kier alpha value is -3.88. The highest BCUT2D eigenvalue weighted by Gasteiger charge is 2.35. The molecule has 2 amide bonds. The number of carbonyl (C=O) groups is 2. The van der Waals surface area contributed by atoms with E-state index >= 15 is 0 Å². The van der Waals surface area contributed by atoms with Gasteiger partial charge in [0.1, 0.15) is 5.75 Å². The van der Waals surface area contributed by atoms with Crippen molar-refractivity contribution in [3.8, 4) is 5.75 Å². The number of rotatable bonds is 7. The number of piperazine rings is 2. The number of aromatic hydroxyl groups is 1. The van der Waals surface area contributed by atoms with Crippen LogP contribution in [0.15, 0.2) is 78.9 Å². The summed E-state index contributed by atoms with van der Waals surface area (Å²) in [4.78, 5) is 34.2. The summed E-state index contributed by atoms with van der Waals surface area (Å²) in [6, 6.07) is 26.4. The first-order valence-electron chi connectivity index (χ1n) is 15.0. The van der Waals surface area contributed by atoms with Crippen LogP contribution in [0.1, 0.15) is 53.9 Å². The lowest BCUT2D eigenvalue weighted by atomic mass is 9.92. The lowest BCUT2D eigenvalue weighted by molar-refractivity contribution is 0.0195. The van der Waals surface area contributed by atoms with Crippen molar-refractivity contribution in [1.29, 1.82) is 0 Å². The average Bonchev–Trinajstić information content (AvgIpc) is 3.00. The van der Waals surface area contributed by atoms with E-state index in [1.807, 2.05) is 35.2 Å². The van der Waals surface area contributed by atoms with Crippen molar-refractivity contribution >= 4 is 12.0 Å². The molecule has 0 aliphatic carbocycles. The molecule has 8 heteroatoms. The van der Waals surface area contributed by atoms with Crippen molar-refractivity contribution < 1.29 is 19.4 Å². The number of nitrogens with zero attached hydrogens (tertiary/aromatic N) is 4. The van der Waals surface area contributed by atoms with Gasteiger partial charge in [-0.1, -0.05) is 54.6 Å². The molecule has 0 bridgehead atoms. The number of hydrogen-bond acceptors (Lipinski definition) is 6. The lowest BCUT2D eigenvalue weighted by Gasteiger charge is -2.47. The fourth-order valence-electron chi connectivity index (χ4n) is 6.22. The van der Waals surface area contributed by atoms with Gasteiger partial charge in [0.25, 0.3) is 5.91 Å². The molecule has 0 saturated carbocycles. The molecule has 2 heterocycles. The quantitative estimate of drug-likeness (QED) is 0.431. The van der Waals surface area contributed by atoms with Gasteiger partial charge in [0, 0.05) is 63.5 Å². The minimum absolute atomic E-state index is 0.0379. The van der Waals surface area contributed by atoms with E-state index in [0.29, 0.717) is 44.4 Å². The summed E-state index contributed by atoms with van der Waals surface area (Å²) < 4.78 is 5.12. The monoisotopic (exact) mass is 570 g/mol. The van der Waals surface area contributed by atoms with E-state index in [1.165, 1.54) is 5.56 Å². The molecule has 3 aromatic carbocycles. The van der Waals surface area contributed by atoms with Gasteiger partial charge in [-0.05, 0) is 61.7 Å². The maximum absolute atomic E-state index is 13.6. The van der Waals surface area contributed by atoms with Crippen LogP contribution in [0.25, 0.3) is 0 Å². The van der Waals surface area contributed by atoms with Gasteiger partial charge < -0.3 is 19.6 Å². The van der Waals surface area contributed by atoms with Gasteiger partial charge in [-0.3, -0.25) is 14.6 Å². The van der Waals surface area contributed by atoms with Gasteiger partial charge in [-0.15, -0.1) is 0 Å². The molecule has 1 N–H and O–H groups in total. The number of carbonyl (C=O) groups excluding carboxylic acids is 2. The topological polar surface area (TPSA) is 76.6 Å². The molecule has 5 rings (SSSR count). The zero-order chi connectivity index (χ0) is 29.6. The second kappa shape index (κ2) is 13.4. The number of benzene rings is 3. The Kier molecular flexibility index (Phi) is 9.45. The maximum atomic E-state index is 13.6. The Morgan fingerprint density at radius 3 is 2.19 bits per heavy atom. The first-order chi connectivity index (χ1) is 20.3. The highest BCUT2D eigenvalue weighted by atomic mass is 16.6. The highest BCUT2D eigenvalue weighted by molar-refractivity contribution is 5.94. The van der Waals surface area contributed by atoms with Crippen LogP contribution in [0.4, 0.5) is 4.79 Å². The molecule has 1 unspecified atom stereocenters. The zero-order valence-corrected chi connectivity index (χ0v) is 24.9. The smallest absolute Gasteiger partial charge is 0.409 e. The molecule has 8 nitrogen and oxygen atoms in total. The SMILES string of the molecule is CCOC(=O)N1CCN(C(=O)c2cccc(C(c3cccc(O)c3)N3C[C@@H](C)N(Cc4ccccc4)C[C@H]3C)c2)CC1. The molecular formula is C34H42N4O4. The third-order valence-corrected chi connectivity index (χ3v) is 8.45. The summed E-state index contributed by atoms with van der Waals surface area (Å²) in [5, 5.41) is 10.4. The number of amides is 2. The van der Waals surface area contributed by atoms with E-state index in [2.05, 4.69) is 66.1 Å². The van der Waals surface area contributed by atoms with Crippen molar-refractivity contribution in [2.75, 3.05) is 45.9 Å². The molecule has 0 aromatic heterocycles. The number of phenols is 1. The Bertz CT molecular complexity index is 1360. The van der Waals surface area contributed by atoms with Gasteiger partial charge in [0.2, 0.25) is 0 Å². The van der Waals surface area contributed by atoms with Gasteiger partial charge in [0.15, 0.2) is 0 Å². The molecule has 2 saturated heterocycles. The normalized spacial score (nSPS) is 20.7. The molecule has 0 spiro atoms. The minimum Gasteiger partial charge on any atom is -0.508 e. The molecule has 2 aliphatic heterocycles. The summed E-state index contributed by atoms with van der Waals surface area (Å²) in [5.74, 6) is 0.191. The lowest BCUT2D eigenvalue weighted by Crippen LogP contribution is -2.56. The average molecular weight is 571 g/mol. The zero-order valence-electron chi connectivity index (χ0n) is 24.9.